The van der Waals surface area contributed by atoms with Gasteiger partial charge in [-0.25, -0.2) is 9.24 Å². The van der Waals surface area contributed by atoms with Crippen LogP contribution in [0.2, 0.25) is 0 Å². The Labute approximate surface area is 118 Å². The van der Waals surface area contributed by atoms with Gasteiger partial charge >= 0.3 is 0 Å². The summed E-state index contributed by atoms with van der Waals surface area (Å²) in [5, 5.41) is 3.36. The van der Waals surface area contributed by atoms with Gasteiger partial charge in [0.05, 0.1) is 19.3 Å². The quantitative estimate of drug-likeness (QED) is 0.795. The van der Waals surface area contributed by atoms with Crippen LogP contribution in [0.5, 0.6) is 0 Å². The Balaban J connectivity index is 1.83. The molecule has 0 amide bonds. The van der Waals surface area contributed by atoms with Gasteiger partial charge in [0.2, 0.25) is 5.69 Å². The maximum Gasteiger partial charge on any atom is 0.222 e. The Hall–Kier alpha value is -1.48. The molecule has 2 atom stereocenters. The zero-order valence-corrected chi connectivity index (χ0v) is 11.5. The Morgan fingerprint density at radius 2 is 2.35 bits per heavy atom. The highest BCUT2D eigenvalue weighted by Crippen LogP contribution is 2.32. The number of ether oxygens (including phenoxy) is 1. The lowest BCUT2D eigenvalue weighted by Crippen LogP contribution is -2.57. The summed E-state index contributed by atoms with van der Waals surface area (Å²) in [6, 6.07) is 3.81. The van der Waals surface area contributed by atoms with Crippen molar-refractivity contribution >= 4 is 5.69 Å². The van der Waals surface area contributed by atoms with E-state index in [-0.39, 0.29) is 11.8 Å². The Morgan fingerprint density at radius 1 is 1.50 bits per heavy atom. The lowest BCUT2D eigenvalue weighted by atomic mass is 9.99. The van der Waals surface area contributed by atoms with E-state index in [1.165, 1.54) is 0 Å². The summed E-state index contributed by atoms with van der Waals surface area (Å²) < 4.78 is 20.0. The average molecular weight is 275 g/mol. The lowest BCUT2D eigenvalue weighted by Gasteiger charge is -2.43. The smallest absolute Gasteiger partial charge is 0.222 e. The summed E-state index contributed by atoms with van der Waals surface area (Å²) >= 11 is 0. The fourth-order valence-corrected chi connectivity index (χ4v) is 3.01. The highest BCUT2D eigenvalue weighted by molar-refractivity contribution is 5.51. The average Bonchev–Trinajstić information content (AvgIpc) is 2.49. The van der Waals surface area contributed by atoms with Gasteiger partial charge in [-0.2, -0.15) is 0 Å². The van der Waals surface area contributed by atoms with Crippen molar-refractivity contribution in [3.8, 4) is 0 Å². The molecule has 0 spiro atoms. The third kappa shape index (κ3) is 2.31. The number of piperazine rings is 1. The summed E-state index contributed by atoms with van der Waals surface area (Å²) in [7, 11) is 0. The van der Waals surface area contributed by atoms with Crippen LogP contribution in [0.1, 0.15) is 17.2 Å². The number of nitrogens with zero attached hydrogens (tertiary/aromatic N) is 2. The second-order valence-corrected chi connectivity index (χ2v) is 5.40. The van der Waals surface area contributed by atoms with E-state index in [1.54, 1.807) is 13.0 Å². The number of hydrogen-bond donors (Lipinski definition) is 1. The fraction of sp³-hybridized carbons (Fsp3) is 0.533. The van der Waals surface area contributed by atoms with Gasteiger partial charge in [0.15, 0.2) is 0 Å². The summed E-state index contributed by atoms with van der Waals surface area (Å²) in [4.78, 5) is 5.61. The van der Waals surface area contributed by atoms with Gasteiger partial charge in [-0.15, -0.1) is 0 Å². The van der Waals surface area contributed by atoms with Crippen LogP contribution < -0.4 is 5.32 Å². The number of rotatable bonds is 1. The maximum absolute atomic E-state index is 14.1. The fourth-order valence-electron chi connectivity index (χ4n) is 3.01. The van der Waals surface area contributed by atoms with Crippen LogP contribution in [0.25, 0.3) is 4.85 Å². The first-order chi connectivity index (χ1) is 9.70. The van der Waals surface area contributed by atoms with Crippen LogP contribution in [-0.4, -0.2) is 43.7 Å². The minimum Gasteiger partial charge on any atom is -0.370 e. The molecule has 106 valence electrons. The van der Waals surface area contributed by atoms with Gasteiger partial charge in [-0.3, -0.25) is 4.90 Å². The zero-order valence-electron chi connectivity index (χ0n) is 11.5. The first-order valence-electron chi connectivity index (χ1n) is 6.93. The second kappa shape index (κ2) is 5.49. The number of benzene rings is 1. The molecule has 2 saturated heterocycles. The SMILES string of the molecule is [C-]#[N+]c1ccc([C@H]2CN3CCNC[C@H]3CO2)c(C)c1F. The number of morpholine rings is 1. The Kier molecular flexibility index (Phi) is 3.70. The molecule has 0 bridgehead atoms. The first kappa shape index (κ1) is 13.5. The van der Waals surface area contributed by atoms with Gasteiger partial charge in [-0.05, 0) is 18.1 Å². The lowest BCUT2D eigenvalue weighted by molar-refractivity contribution is -0.0720. The van der Waals surface area contributed by atoms with E-state index in [0.717, 1.165) is 31.7 Å². The van der Waals surface area contributed by atoms with Crippen molar-refractivity contribution < 1.29 is 9.13 Å². The van der Waals surface area contributed by atoms with Gasteiger partial charge < -0.3 is 10.1 Å². The standard InChI is InChI=1S/C15H18FN3O/c1-10-12(3-4-13(17-2)15(10)16)14-8-19-6-5-18-7-11(19)9-20-14/h3-4,11,14,18H,5-9H2,1H3/t11-,14+/m0/s1. The van der Waals surface area contributed by atoms with Crippen LogP contribution in [0.3, 0.4) is 0 Å². The number of hydrogen-bond acceptors (Lipinski definition) is 3. The zero-order chi connectivity index (χ0) is 14.1. The van der Waals surface area contributed by atoms with Crippen LogP contribution in [-0.2, 0) is 4.74 Å². The van der Waals surface area contributed by atoms with Crippen molar-refractivity contribution in [2.24, 2.45) is 0 Å². The summed E-state index contributed by atoms with van der Waals surface area (Å²) in [6.07, 6.45) is -0.0985. The molecule has 5 heteroatoms. The van der Waals surface area contributed by atoms with E-state index in [1.807, 2.05) is 6.07 Å². The highest BCUT2D eigenvalue weighted by Gasteiger charge is 2.32. The van der Waals surface area contributed by atoms with Gasteiger partial charge in [0, 0.05) is 32.2 Å². The molecular weight excluding hydrogens is 257 g/mol. The summed E-state index contributed by atoms with van der Waals surface area (Å²) in [5.74, 6) is -0.413. The monoisotopic (exact) mass is 275 g/mol. The van der Waals surface area contributed by atoms with Crippen molar-refractivity contribution in [2.75, 3.05) is 32.8 Å². The van der Waals surface area contributed by atoms with Crippen molar-refractivity contribution in [3.05, 3.63) is 40.5 Å². The van der Waals surface area contributed by atoms with Crippen LogP contribution in [0.4, 0.5) is 10.1 Å². The molecule has 2 aliphatic heterocycles. The molecule has 0 saturated carbocycles. The molecule has 0 radical (unpaired) electrons. The number of halogens is 1. The van der Waals surface area contributed by atoms with Crippen LogP contribution in [0, 0.1) is 19.3 Å². The van der Waals surface area contributed by atoms with E-state index in [2.05, 4.69) is 15.1 Å². The topological polar surface area (TPSA) is 28.9 Å². The van der Waals surface area contributed by atoms with E-state index in [0.29, 0.717) is 18.2 Å². The van der Waals surface area contributed by atoms with E-state index in [9.17, 15) is 4.39 Å². The second-order valence-electron chi connectivity index (χ2n) is 5.40. The van der Waals surface area contributed by atoms with E-state index < -0.39 is 5.82 Å². The van der Waals surface area contributed by atoms with Crippen LogP contribution >= 0.6 is 0 Å². The first-order valence-corrected chi connectivity index (χ1v) is 6.93. The van der Waals surface area contributed by atoms with Crippen molar-refractivity contribution in [1.82, 2.24) is 10.2 Å². The summed E-state index contributed by atoms with van der Waals surface area (Å²) in [6.45, 7) is 13.1. The predicted molar refractivity (Wildman–Crippen MR) is 74.3 cm³/mol. The minimum absolute atomic E-state index is 0.0853. The third-order valence-corrected chi connectivity index (χ3v) is 4.24. The normalized spacial score (nSPS) is 26.9. The largest absolute Gasteiger partial charge is 0.370 e. The number of fused-ring (bicyclic) bond motifs is 1. The molecule has 2 aliphatic rings. The van der Waals surface area contributed by atoms with E-state index in [4.69, 9.17) is 11.3 Å². The molecule has 1 aromatic carbocycles. The molecular formula is C15H18FN3O. The van der Waals surface area contributed by atoms with Crippen LogP contribution in [0.15, 0.2) is 12.1 Å². The molecule has 2 fully saturated rings. The molecule has 0 aliphatic carbocycles. The van der Waals surface area contributed by atoms with Crippen molar-refractivity contribution in [2.45, 2.75) is 19.1 Å². The molecule has 0 aromatic heterocycles. The van der Waals surface area contributed by atoms with Crippen molar-refractivity contribution in [1.29, 1.82) is 0 Å². The molecule has 2 heterocycles. The summed E-state index contributed by atoms with van der Waals surface area (Å²) in [5.41, 5.74) is 1.49. The highest BCUT2D eigenvalue weighted by atomic mass is 19.1. The van der Waals surface area contributed by atoms with Gasteiger partial charge in [0.1, 0.15) is 5.82 Å². The molecule has 3 rings (SSSR count). The molecule has 0 unspecified atom stereocenters. The van der Waals surface area contributed by atoms with Gasteiger partial charge in [-0.1, -0.05) is 12.1 Å². The Bertz CT molecular complexity index is 555. The maximum atomic E-state index is 14.1. The van der Waals surface area contributed by atoms with Crippen molar-refractivity contribution in [3.63, 3.8) is 0 Å². The third-order valence-electron chi connectivity index (χ3n) is 4.24. The predicted octanol–water partition coefficient (Wildman–Crippen LogP) is 2.03. The minimum atomic E-state index is -0.413. The molecule has 20 heavy (non-hydrogen) atoms. The Morgan fingerprint density at radius 3 is 3.15 bits per heavy atom. The number of nitrogens with one attached hydrogen (secondary N) is 1. The molecule has 1 N–H and O–H groups in total. The van der Waals surface area contributed by atoms with Gasteiger partial charge in [0.25, 0.3) is 0 Å². The molecule has 4 nitrogen and oxygen atoms in total. The molecule has 1 aromatic rings. The van der Waals surface area contributed by atoms with E-state index >= 15 is 0 Å².